The van der Waals surface area contributed by atoms with Gasteiger partial charge in [-0.15, -0.1) is 4.91 Å². The lowest BCUT2D eigenvalue weighted by Crippen LogP contribution is -2.58. The lowest BCUT2D eigenvalue weighted by molar-refractivity contribution is -0.141. The third-order valence-electron chi connectivity index (χ3n) is 2.83. The molecule has 112 valence electrons. The summed E-state index contributed by atoms with van der Waals surface area (Å²) in [6.45, 7) is 4.72. The van der Waals surface area contributed by atoms with Crippen LogP contribution in [0.5, 0.6) is 0 Å². The summed E-state index contributed by atoms with van der Waals surface area (Å²) < 4.78 is 6.51. The number of nitrogens with one attached hydrogen (secondary N) is 2. The number of amides is 2. The van der Waals surface area contributed by atoms with Gasteiger partial charge in [0.25, 0.3) is 0 Å². The summed E-state index contributed by atoms with van der Waals surface area (Å²) in [5.74, 6) is -1.47. The van der Waals surface area contributed by atoms with Crippen LogP contribution in [0.4, 0.5) is 0 Å². The van der Waals surface area contributed by atoms with Crippen molar-refractivity contribution in [3.05, 3.63) is 4.91 Å². The third-order valence-corrected chi connectivity index (χ3v) is 3.61. The molecule has 20 heavy (non-hydrogen) atoms. The van der Waals surface area contributed by atoms with Gasteiger partial charge >= 0.3 is 5.97 Å². The molecule has 2 amide bonds. The van der Waals surface area contributed by atoms with Crippen LogP contribution in [0.3, 0.4) is 0 Å². The molecule has 2 atom stereocenters. The highest BCUT2D eigenvalue weighted by atomic mass is 32.2. The van der Waals surface area contributed by atoms with Gasteiger partial charge in [-0.05, 0) is 13.8 Å². The number of carbonyl (C=O) groups is 3. The highest BCUT2D eigenvalue weighted by Gasteiger charge is 2.40. The molecular weight excluding hydrogens is 286 g/mol. The monoisotopic (exact) mass is 303 g/mol. The average Bonchev–Trinajstić information content (AvgIpc) is 2.71. The minimum atomic E-state index is -0.990. The van der Waals surface area contributed by atoms with E-state index in [1.165, 1.54) is 6.92 Å². The Balaban J connectivity index is 2.81. The molecule has 1 aliphatic rings. The zero-order chi connectivity index (χ0) is 15.3. The molecule has 0 radical (unpaired) electrons. The lowest BCUT2D eigenvalue weighted by Gasteiger charge is -2.30. The average molecular weight is 303 g/mol. The van der Waals surface area contributed by atoms with Crippen molar-refractivity contribution in [2.75, 3.05) is 6.61 Å². The maximum atomic E-state index is 12.2. The molecule has 8 nitrogen and oxygen atoms in total. The fourth-order valence-corrected chi connectivity index (χ4v) is 2.25. The van der Waals surface area contributed by atoms with Crippen LogP contribution in [0, 0.1) is 4.91 Å². The first-order chi connectivity index (χ1) is 9.27. The number of ether oxygens (including phenoxy) is 1. The molecule has 1 heterocycles. The summed E-state index contributed by atoms with van der Waals surface area (Å²) in [6, 6.07) is -1.71. The number of rotatable bonds is 6. The van der Waals surface area contributed by atoms with Crippen molar-refractivity contribution in [2.45, 2.75) is 44.0 Å². The van der Waals surface area contributed by atoms with E-state index in [1.807, 2.05) is 0 Å². The van der Waals surface area contributed by atoms with Gasteiger partial charge in [0.05, 0.1) is 11.4 Å². The SMILES string of the molecule is CC(=O)NC(C(=O)NC1CCOC1=O)C(C)(C)SN=O. The van der Waals surface area contributed by atoms with Crippen molar-refractivity contribution in [3.8, 4) is 0 Å². The van der Waals surface area contributed by atoms with Crippen molar-refractivity contribution < 1.29 is 19.1 Å². The van der Waals surface area contributed by atoms with E-state index in [-0.39, 0.29) is 6.61 Å². The van der Waals surface area contributed by atoms with Gasteiger partial charge < -0.3 is 15.4 Å². The number of esters is 1. The summed E-state index contributed by atoms with van der Waals surface area (Å²) in [7, 11) is 0. The van der Waals surface area contributed by atoms with Crippen LogP contribution in [0.15, 0.2) is 4.58 Å². The predicted molar refractivity (Wildman–Crippen MR) is 72.6 cm³/mol. The molecule has 1 aliphatic heterocycles. The molecule has 1 saturated heterocycles. The van der Waals surface area contributed by atoms with Crippen LogP contribution >= 0.6 is 11.9 Å². The number of nitrogens with zero attached hydrogens (tertiary/aromatic N) is 1. The summed E-state index contributed by atoms with van der Waals surface area (Å²) >= 11 is 0.648. The molecule has 0 aromatic carbocycles. The first-order valence-electron chi connectivity index (χ1n) is 6.03. The molecular formula is C11H17N3O5S. The molecule has 0 bridgehead atoms. The van der Waals surface area contributed by atoms with Crippen LogP contribution in [0.1, 0.15) is 27.2 Å². The van der Waals surface area contributed by atoms with Crippen molar-refractivity contribution in [1.29, 1.82) is 0 Å². The molecule has 0 aliphatic carbocycles. The first-order valence-corrected chi connectivity index (χ1v) is 6.80. The zero-order valence-electron chi connectivity index (χ0n) is 11.5. The van der Waals surface area contributed by atoms with E-state index in [0.717, 1.165) is 0 Å². The number of nitroso groups, excluding NO2 is 1. The zero-order valence-corrected chi connectivity index (χ0v) is 12.3. The minimum absolute atomic E-state index is 0.253. The van der Waals surface area contributed by atoms with Gasteiger partial charge in [-0.3, -0.25) is 9.59 Å². The van der Waals surface area contributed by atoms with Gasteiger partial charge in [-0.1, -0.05) is 0 Å². The van der Waals surface area contributed by atoms with Gasteiger partial charge in [-0.25, -0.2) is 4.79 Å². The van der Waals surface area contributed by atoms with Gasteiger partial charge in [-0.2, -0.15) is 0 Å². The van der Waals surface area contributed by atoms with Crippen LogP contribution in [-0.4, -0.2) is 41.2 Å². The van der Waals surface area contributed by atoms with E-state index in [2.05, 4.69) is 15.2 Å². The van der Waals surface area contributed by atoms with Crippen LogP contribution in [0.25, 0.3) is 0 Å². The van der Waals surface area contributed by atoms with E-state index in [4.69, 9.17) is 4.74 Å². The van der Waals surface area contributed by atoms with E-state index in [0.29, 0.717) is 18.4 Å². The minimum Gasteiger partial charge on any atom is -0.464 e. The fraction of sp³-hybridized carbons (Fsp3) is 0.727. The number of cyclic esters (lactones) is 1. The molecule has 2 N–H and O–H groups in total. The van der Waals surface area contributed by atoms with E-state index in [1.54, 1.807) is 13.8 Å². The molecule has 9 heteroatoms. The standard InChI is InChI=1S/C11H17N3O5S/c1-6(15)12-8(11(2,3)20-14-18)9(16)13-7-4-5-19-10(7)17/h7-8H,4-5H2,1-3H3,(H,12,15)(H,13,16). The van der Waals surface area contributed by atoms with E-state index in [9.17, 15) is 19.3 Å². The van der Waals surface area contributed by atoms with Gasteiger partial charge in [0.15, 0.2) is 0 Å². The smallest absolute Gasteiger partial charge is 0.328 e. The molecule has 1 fully saturated rings. The third kappa shape index (κ3) is 4.19. The maximum Gasteiger partial charge on any atom is 0.328 e. The normalized spacial score (nSPS) is 19.9. The molecule has 0 aromatic heterocycles. The van der Waals surface area contributed by atoms with Crippen molar-refractivity contribution >= 4 is 29.7 Å². The molecule has 2 unspecified atom stereocenters. The lowest BCUT2D eigenvalue weighted by atomic mass is 10.0. The fourth-order valence-electron chi connectivity index (χ4n) is 1.79. The number of hydrogen-bond acceptors (Lipinski definition) is 7. The van der Waals surface area contributed by atoms with Crippen LogP contribution < -0.4 is 10.6 Å². The Morgan fingerprint density at radius 3 is 2.60 bits per heavy atom. The van der Waals surface area contributed by atoms with Crippen molar-refractivity contribution in [3.63, 3.8) is 0 Å². The molecule has 0 spiro atoms. The second-order valence-electron chi connectivity index (χ2n) is 4.92. The number of hydrogen-bond donors (Lipinski definition) is 2. The highest BCUT2D eigenvalue weighted by molar-refractivity contribution is 7.99. The van der Waals surface area contributed by atoms with E-state index < -0.39 is 34.6 Å². The summed E-state index contributed by atoms with van der Waals surface area (Å²) in [6.07, 6.45) is 0.386. The Labute approximate surface area is 120 Å². The van der Waals surface area contributed by atoms with E-state index >= 15 is 0 Å². The Kier molecular flexibility index (Phi) is 5.49. The molecule has 0 saturated carbocycles. The molecule has 1 rings (SSSR count). The number of carbonyl (C=O) groups excluding carboxylic acids is 3. The Hall–Kier alpha value is -1.64. The quantitative estimate of drug-likeness (QED) is 0.409. The second kappa shape index (κ2) is 6.69. The van der Waals surface area contributed by atoms with Crippen molar-refractivity contribution in [1.82, 2.24) is 10.6 Å². The first kappa shape index (κ1) is 16.4. The Bertz CT molecular complexity index is 426. The van der Waals surface area contributed by atoms with Gasteiger partial charge in [0.1, 0.15) is 12.1 Å². The summed E-state index contributed by atoms with van der Waals surface area (Å²) in [5, 5.41) is 4.98. The topological polar surface area (TPSA) is 114 Å². The van der Waals surface area contributed by atoms with Crippen LogP contribution in [-0.2, 0) is 19.1 Å². The largest absolute Gasteiger partial charge is 0.464 e. The van der Waals surface area contributed by atoms with Gasteiger partial charge in [0, 0.05) is 29.9 Å². The summed E-state index contributed by atoms with van der Waals surface area (Å²) in [4.78, 5) is 45.2. The van der Waals surface area contributed by atoms with Crippen molar-refractivity contribution in [2.24, 2.45) is 4.58 Å². The Morgan fingerprint density at radius 2 is 2.15 bits per heavy atom. The van der Waals surface area contributed by atoms with Gasteiger partial charge in [0.2, 0.25) is 11.8 Å². The predicted octanol–water partition coefficient (Wildman–Crippen LogP) is 0.116. The molecule has 0 aromatic rings. The maximum absolute atomic E-state index is 12.2. The summed E-state index contributed by atoms with van der Waals surface area (Å²) in [5.41, 5.74) is 0. The highest BCUT2D eigenvalue weighted by Crippen LogP contribution is 2.29. The van der Waals surface area contributed by atoms with Crippen LogP contribution in [0.2, 0.25) is 0 Å². The Morgan fingerprint density at radius 1 is 1.50 bits per heavy atom. The second-order valence-corrected chi connectivity index (χ2v) is 6.30.